The van der Waals surface area contributed by atoms with E-state index in [-0.39, 0.29) is 10.8 Å². The fourth-order valence-corrected chi connectivity index (χ4v) is 13.7. The zero-order valence-electron chi connectivity index (χ0n) is 44.0. The molecule has 0 spiro atoms. The highest BCUT2D eigenvalue weighted by atomic mass is 15.2. The smallest absolute Gasteiger partial charge is 0.0641 e. The van der Waals surface area contributed by atoms with E-state index in [2.05, 4.69) is 232 Å². The number of nitrogens with zero attached hydrogens (tertiary/aromatic N) is 4. The first kappa shape index (κ1) is 43.7. The van der Waals surface area contributed by atoms with Gasteiger partial charge < -0.3 is 18.6 Å². The van der Waals surface area contributed by atoms with E-state index >= 15 is 0 Å². The molecule has 0 aliphatic heterocycles. The second kappa shape index (κ2) is 15.4. The minimum atomic E-state index is -0.0175. The normalized spacial score (nSPS) is 14.2. The van der Waals surface area contributed by atoms with Gasteiger partial charge in [-0.25, -0.2) is 0 Å². The quantitative estimate of drug-likeness (QED) is 0.165. The lowest BCUT2D eigenvalue weighted by Crippen LogP contribution is -2.11. The van der Waals surface area contributed by atoms with Crippen LogP contribution in [0.4, 0.5) is 34.1 Å². The molecular formula is C70H62N4. The molecule has 4 heterocycles. The molecule has 0 N–H and O–H groups in total. The van der Waals surface area contributed by atoms with Crippen LogP contribution in [-0.4, -0.2) is 8.80 Å². The Morgan fingerprint density at radius 1 is 0.351 bits per heavy atom. The highest BCUT2D eigenvalue weighted by Crippen LogP contribution is 2.52. The topological polar surface area (TPSA) is 15.3 Å². The van der Waals surface area contributed by atoms with Crippen LogP contribution in [0.2, 0.25) is 0 Å². The number of aryl methyl sites for hydroxylation is 6. The van der Waals surface area contributed by atoms with Crippen molar-refractivity contribution in [1.82, 2.24) is 8.80 Å². The molecule has 4 nitrogen and oxygen atoms in total. The van der Waals surface area contributed by atoms with Gasteiger partial charge in [0.25, 0.3) is 0 Å². The van der Waals surface area contributed by atoms with Crippen molar-refractivity contribution in [1.29, 1.82) is 0 Å². The van der Waals surface area contributed by atoms with Crippen LogP contribution in [0.25, 0.3) is 76.2 Å². The summed E-state index contributed by atoms with van der Waals surface area (Å²) in [6, 6.07) is 62.0. The third-order valence-corrected chi connectivity index (χ3v) is 17.4. The Morgan fingerprint density at radius 2 is 0.770 bits per heavy atom. The Hall–Kier alpha value is -7.82. The summed E-state index contributed by atoms with van der Waals surface area (Å²) in [6.45, 7) is 18.5. The second-order valence-corrected chi connectivity index (χ2v) is 24.2. The van der Waals surface area contributed by atoms with Gasteiger partial charge in [-0.3, -0.25) is 0 Å². The fourth-order valence-electron chi connectivity index (χ4n) is 13.7. The monoisotopic (exact) mass is 958 g/mol. The van der Waals surface area contributed by atoms with Crippen molar-refractivity contribution in [2.45, 2.75) is 105 Å². The zero-order valence-corrected chi connectivity index (χ0v) is 44.0. The van der Waals surface area contributed by atoms with Gasteiger partial charge in [-0.05, 0) is 205 Å². The Kier molecular flexibility index (Phi) is 9.08. The molecule has 2 aliphatic rings. The molecule has 4 aromatic heterocycles. The van der Waals surface area contributed by atoms with E-state index in [1.54, 1.807) is 0 Å². The van der Waals surface area contributed by atoms with Crippen LogP contribution in [-0.2, 0) is 36.5 Å². The van der Waals surface area contributed by atoms with Gasteiger partial charge >= 0.3 is 0 Å². The van der Waals surface area contributed by atoms with E-state index in [1.165, 1.54) is 181 Å². The zero-order chi connectivity index (χ0) is 50.1. The van der Waals surface area contributed by atoms with Gasteiger partial charge in [0.05, 0.1) is 44.5 Å². The minimum absolute atomic E-state index is 0.0175. The molecule has 15 rings (SSSR count). The maximum atomic E-state index is 2.61. The summed E-state index contributed by atoms with van der Waals surface area (Å²) in [5.41, 5.74) is 26.0. The first-order valence-electron chi connectivity index (χ1n) is 27.2. The van der Waals surface area contributed by atoms with Crippen LogP contribution in [0.5, 0.6) is 0 Å². The molecule has 13 aromatic rings. The summed E-state index contributed by atoms with van der Waals surface area (Å²) in [4.78, 5) is 5.10. The molecule has 0 radical (unpaired) electrons. The first-order chi connectivity index (χ1) is 35.8. The number of aromatic nitrogens is 2. The van der Waals surface area contributed by atoms with E-state index in [9.17, 15) is 0 Å². The largest absolute Gasteiger partial charge is 0.310 e. The van der Waals surface area contributed by atoms with Gasteiger partial charge in [0.15, 0.2) is 0 Å². The number of rotatable bonds is 6. The summed E-state index contributed by atoms with van der Waals surface area (Å²) < 4.78 is 5.23. The molecule has 9 aromatic carbocycles. The van der Waals surface area contributed by atoms with Crippen molar-refractivity contribution in [3.05, 3.63) is 202 Å². The van der Waals surface area contributed by atoms with E-state index in [0.29, 0.717) is 0 Å². The first-order valence-corrected chi connectivity index (χ1v) is 27.2. The van der Waals surface area contributed by atoms with Crippen molar-refractivity contribution >= 4 is 110 Å². The van der Waals surface area contributed by atoms with Gasteiger partial charge in [0, 0.05) is 65.8 Å². The van der Waals surface area contributed by atoms with Crippen LogP contribution in [0, 0.1) is 13.8 Å². The molecule has 0 atom stereocenters. The average molecular weight is 959 g/mol. The van der Waals surface area contributed by atoms with Crippen LogP contribution >= 0.6 is 0 Å². The third kappa shape index (κ3) is 6.27. The highest BCUT2D eigenvalue weighted by molar-refractivity contribution is 6.32. The fraction of sp³-hybridized carbons (Fsp3) is 0.229. The SMILES string of the molecule is Cc1cccc(N(c2ccc3c(c2)CCC3)c2ccc3c4cc5c(cc4n4c6ccc(C(C)(C)C)cc6c2c34)c2ccc(N(c3cccc(C)c3)c3ccc4c(c3)CCC4)c3c4cc(C(C)(C)C)ccc4n5c23)c1. The van der Waals surface area contributed by atoms with Crippen LogP contribution in [0.1, 0.15) is 98.9 Å². The molecule has 0 saturated heterocycles. The number of benzene rings is 9. The molecule has 362 valence electrons. The number of anilines is 6. The van der Waals surface area contributed by atoms with E-state index in [0.717, 1.165) is 12.8 Å². The maximum absolute atomic E-state index is 2.61. The van der Waals surface area contributed by atoms with Crippen molar-refractivity contribution in [2.75, 3.05) is 9.80 Å². The van der Waals surface area contributed by atoms with Gasteiger partial charge in [-0.2, -0.15) is 0 Å². The summed E-state index contributed by atoms with van der Waals surface area (Å²) >= 11 is 0. The van der Waals surface area contributed by atoms with Crippen molar-refractivity contribution in [2.24, 2.45) is 0 Å². The van der Waals surface area contributed by atoms with Crippen LogP contribution in [0.3, 0.4) is 0 Å². The molecule has 0 amide bonds. The van der Waals surface area contributed by atoms with Crippen molar-refractivity contribution in [3.8, 4) is 0 Å². The molecule has 0 fully saturated rings. The summed E-state index contributed by atoms with van der Waals surface area (Å²) in [5, 5.41) is 10.4. The van der Waals surface area contributed by atoms with Gasteiger partial charge in [0.1, 0.15) is 0 Å². The van der Waals surface area contributed by atoms with E-state index < -0.39 is 0 Å². The predicted molar refractivity (Wildman–Crippen MR) is 316 cm³/mol. The number of hydrogen-bond donors (Lipinski definition) is 0. The second-order valence-electron chi connectivity index (χ2n) is 24.2. The van der Waals surface area contributed by atoms with E-state index in [1.807, 2.05) is 0 Å². The van der Waals surface area contributed by atoms with Crippen molar-refractivity contribution in [3.63, 3.8) is 0 Å². The Labute approximate surface area is 433 Å². The minimum Gasteiger partial charge on any atom is -0.310 e. The van der Waals surface area contributed by atoms with Crippen LogP contribution < -0.4 is 9.80 Å². The lowest BCUT2D eigenvalue weighted by Gasteiger charge is -2.27. The van der Waals surface area contributed by atoms with Crippen LogP contribution in [0.15, 0.2) is 158 Å². The maximum Gasteiger partial charge on any atom is 0.0641 e. The summed E-state index contributed by atoms with van der Waals surface area (Å²) in [6.07, 6.45) is 7.06. The number of fused-ring (bicyclic) bond motifs is 14. The summed E-state index contributed by atoms with van der Waals surface area (Å²) in [7, 11) is 0. The van der Waals surface area contributed by atoms with Gasteiger partial charge in [-0.1, -0.05) is 102 Å². The van der Waals surface area contributed by atoms with Gasteiger partial charge in [0.2, 0.25) is 0 Å². The molecule has 4 heteroatoms. The standard InChI is InChI=1S/C70H62N4/c1-41-13-9-19-49(33-41)71(51-25-21-43-15-11-17-45(43)35-51)61-31-27-53-55-39-64-56(40-63(55)73-59-29-23-47(69(3,4)5)37-57(59)65(61)67(53)73)54-28-32-62(66-58-38-48(70(6,7)8)24-30-60(58)74(64)68(54)66)72(50-20-10-14-42(2)34-50)52-26-22-44-16-12-18-46(44)36-52/h9-10,13-14,19-40H,11-12,15-18H2,1-8H3. The Morgan fingerprint density at radius 3 is 1.19 bits per heavy atom. The van der Waals surface area contributed by atoms with Crippen molar-refractivity contribution < 1.29 is 0 Å². The average Bonchev–Trinajstić information content (AvgIpc) is 4.25. The highest BCUT2D eigenvalue weighted by Gasteiger charge is 2.30. The third-order valence-electron chi connectivity index (χ3n) is 17.4. The molecular weight excluding hydrogens is 897 g/mol. The molecule has 0 saturated carbocycles. The van der Waals surface area contributed by atoms with E-state index in [4.69, 9.17) is 0 Å². The molecule has 2 aliphatic carbocycles. The molecule has 74 heavy (non-hydrogen) atoms. The summed E-state index contributed by atoms with van der Waals surface area (Å²) in [5.74, 6) is 0. The number of hydrogen-bond acceptors (Lipinski definition) is 2. The lowest BCUT2D eigenvalue weighted by molar-refractivity contribution is 0.591. The predicted octanol–water partition coefficient (Wildman–Crippen LogP) is 19.1. The Balaban J connectivity index is 1.05. The van der Waals surface area contributed by atoms with Gasteiger partial charge in [-0.15, -0.1) is 0 Å². The molecule has 0 unspecified atom stereocenters. The molecule has 0 bridgehead atoms. The lowest BCUT2D eigenvalue weighted by atomic mass is 9.86. The Bertz CT molecular complexity index is 4200.